The third-order valence-corrected chi connectivity index (χ3v) is 5.71. The number of nitrogens with zero attached hydrogens (tertiary/aromatic N) is 2. The number of allylic oxidation sites excluding steroid dienone is 1. The minimum Gasteiger partial charge on any atom is -0.363 e. The summed E-state index contributed by atoms with van der Waals surface area (Å²) in [6.07, 6.45) is 4.11. The van der Waals surface area contributed by atoms with Crippen molar-refractivity contribution in [1.29, 1.82) is 0 Å². The van der Waals surface area contributed by atoms with Crippen LogP contribution in [0.15, 0.2) is 29.2 Å². The number of amides is 2. The summed E-state index contributed by atoms with van der Waals surface area (Å²) < 4.78 is 0. The minimum absolute atomic E-state index is 0.0167. The van der Waals surface area contributed by atoms with Crippen molar-refractivity contribution in [3.63, 3.8) is 0 Å². The van der Waals surface area contributed by atoms with E-state index in [9.17, 15) is 9.59 Å². The van der Waals surface area contributed by atoms with E-state index in [0.29, 0.717) is 11.4 Å². The fourth-order valence-corrected chi connectivity index (χ4v) is 4.60. The number of fused-ring (bicyclic) bond motifs is 1. The van der Waals surface area contributed by atoms with Crippen molar-refractivity contribution in [2.75, 3.05) is 18.0 Å². The average molecular weight is 356 g/mol. The smallest absolute Gasteiger partial charge is 0.293 e. The predicted octanol–water partition coefficient (Wildman–Crippen LogP) is 4.76. The highest BCUT2D eigenvalue weighted by molar-refractivity contribution is 8.18. The van der Waals surface area contributed by atoms with Gasteiger partial charge in [0.25, 0.3) is 11.1 Å². The molecule has 132 valence electrons. The van der Waals surface area contributed by atoms with E-state index in [0.717, 1.165) is 23.9 Å². The summed E-state index contributed by atoms with van der Waals surface area (Å²) in [4.78, 5) is 28.3. The van der Waals surface area contributed by atoms with Crippen LogP contribution in [0.3, 0.4) is 0 Å². The maximum Gasteiger partial charge on any atom is 0.293 e. The van der Waals surface area contributed by atoms with Crippen LogP contribution in [0.4, 0.5) is 10.5 Å². The second-order valence-electron chi connectivity index (χ2n) is 6.93. The molecular formula is C20H24N2O2S. The lowest BCUT2D eigenvalue weighted by Gasteiger charge is -2.42. The molecule has 2 amide bonds. The normalized spacial score (nSPS) is 21.0. The SMILES string of the molecule is CCN1C(=O)S/C(=C\c2ccc3c(c2)C(C)=CC(C)(C)N3CC)C1=O. The van der Waals surface area contributed by atoms with Crippen molar-refractivity contribution < 1.29 is 9.59 Å². The summed E-state index contributed by atoms with van der Waals surface area (Å²) >= 11 is 1.02. The first-order chi connectivity index (χ1) is 11.8. The van der Waals surface area contributed by atoms with Crippen molar-refractivity contribution in [3.05, 3.63) is 40.3 Å². The third kappa shape index (κ3) is 3.01. The standard InChI is InChI=1S/C20H24N2O2S/c1-6-21-18(23)17(25-19(21)24)11-14-8-9-16-15(10-14)13(3)12-20(4,5)22(16)7-2/h8-12H,6-7H2,1-5H3/b17-11-. The Morgan fingerprint density at radius 3 is 2.48 bits per heavy atom. The Balaban J connectivity index is 2.00. The Labute approximate surface area is 153 Å². The van der Waals surface area contributed by atoms with E-state index in [1.807, 2.05) is 19.1 Å². The van der Waals surface area contributed by atoms with Crippen molar-refractivity contribution in [3.8, 4) is 0 Å². The molecular weight excluding hydrogens is 332 g/mol. The number of carbonyl (C=O) groups is 2. The lowest BCUT2D eigenvalue weighted by molar-refractivity contribution is -0.122. The molecule has 0 N–H and O–H groups in total. The molecule has 0 unspecified atom stereocenters. The van der Waals surface area contributed by atoms with Gasteiger partial charge < -0.3 is 4.90 Å². The van der Waals surface area contributed by atoms with Crippen LogP contribution in [0.1, 0.15) is 45.7 Å². The summed E-state index contributed by atoms with van der Waals surface area (Å²) in [5, 5.41) is -0.188. The zero-order valence-corrected chi connectivity index (χ0v) is 16.2. The number of thioether (sulfide) groups is 1. The molecule has 0 saturated carbocycles. The van der Waals surface area contributed by atoms with E-state index >= 15 is 0 Å². The Morgan fingerprint density at radius 1 is 1.16 bits per heavy atom. The summed E-state index contributed by atoms with van der Waals surface area (Å²) in [6, 6.07) is 6.25. The molecule has 3 rings (SSSR count). The largest absolute Gasteiger partial charge is 0.363 e. The lowest BCUT2D eigenvalue weighted by atomic mass is 9.88. The van der Waals surface area contributed by atoms with Crippen LogP contribution in [0, 0.1) is 0 Å². The van der Waals surface area contributed by atoms with Gasteiger partial charge in [0, 0.05) is 24.3 Å². The zero-order chi connectivity index (χ0) is 18.4. The molecule has 0 bridgehead atoms. The van der Waals surface area contributed by atoms with Crippen LogP contribution >= 0.6 is 11.8 Å². The first-order valence-corrected chi connectivity index (χ1v) is 9.47. The molecule has 0 aromatic heterocycles. The molecule has 0 aliphatic carbocycles. The van der Waals surface area contributed by atoms with Crippen molar-refractivity contribution >= 4 is 40.2 Å². The Morgan fingerprint density at radius 2 is 1.88 bits per heavy atom. The van der Waals surface area contributed by atoms with E-state index in [4.69, 9.17) is 0 Å². The number of likely N-dealkylation sites (N-methyl/N-ethyl adjacent to an activating group) is 2. The van der Waals surface area contributed by atoms with E-state index < -0.39 is 0 Å². The summed E-state index contributed by atoms with van der Waals surface area (Å²) in [5.41, 5.74) is 4.57. The topological polar surface area (TPSA) is 40.6 Å². The van der Waals surface area contributed by atoms with Gasteiger partial charge in [0.2, 0.25) is 0 Å². The Kier molecular flexibility index (Phi) is 4.54. The van der Waals surface area contributed by atoms with Crippen LogP contribution < -0.4 is 4.90 Å². The van der Waals surface area contributed by atoms with E-state index in [-0.39, 0.29) is 16.7 Å². The highest BCUT2D eigenvalue weighted by Crippen LogP contribution is 2.40. The molecule has 2 heterocycles. The van der Waals surface area contributed by atoms with E-state index in [1.165, 1.54) is 21.7 Å². The third-order valence-electron chi connectivity index (χ3n) is 4.81. The Hall–Kier alpha value is -2.01. The summed E-state index contributed by atoms with van der Waals surface area (Å²) in [6.45, 7) is 11.9. The maximum absolute atomic E-state index is 12.3. The van der Waals surface area contributed by atoms with Crippen LogP contribution in [-0.2, 0) is 4.79 Å². The molecule has 0 spiro atoms. The highest BCUT2D eigenvalue weighted by atomic mass is 32.2. The molecule has 1 saturated heterocycles. The predicted molar refractivity (Wildman–Crippen MR) is 106 cm³/mol. The molecule has 1 aromatic carbocycles. The second kappa shape index (κ2) is 6.37. The average Bonchev–Trinajstić information content (AvgIpc) is 2.81. The first-order valence-electron chi connectivity index (χ1n) is 8.65. The van der Waals surface area contributed by atoms with Gasteiger partial charge in [0.1, 0.15) is 0 Å². The fourth-order valence-electron chi connectivity index (χ4n) is 3.69. The van der Waals surface area contributed by atoms with Crippen LogP contribution in [-0.4, -0.2) is 34.7 Å². The summed E-state index contributed by atoms with van der Waals surface area (Å²) in [5.74, 6) is -0.196. The van der Waals surface area contributed by atoms with Crippen LogP contribution in [0.5, 0.6) is 0 Å². The molecule has 0 atom stereocenters. The van der Waals surface area contributed by atoms with Crippen LogP contribution in [0.2, 0.25) is 0 Å². The highest BCUT2D eigenvalue weighted by Gasteiger charge is 2.34. The number of anilines is 1. The van der Waals surface area contributed by atoms with Gasteiger partial charge in [-0.2, -0.15) is 0 Å². The molecule has 1 aromatic rings. The zero-order valence-electron chi connectivity index (χ0n) is 15.4. The fraction of sp³-hybridized carbons (Fsp3) is 0.400. The van der Waals surface area contributed by atoms with E-state index in [1.54, 1.807) is 0 Å². The van der Waals surface area contributed by atoms with Crippen molar-refractivity contribution in [1.82, 2.24) is 4.90 Å². The molecule has 2 aliphatic heterocycles. The number of rotatable bonds is 3. The first kappa shape index (κ1) is 17.8. The molecule has 5 heteroatoms. The monoisotopic (exact) mass is 356 g/mol. The van der Waals surface area contributed by atoms with Crippen molar-refractivity contribution in [2.45, 2.75) is 40.2 Å². The Bertz CT molecular complexity index is 808. The quantitative estimate of drug-likeness (QED) is 0.732. The van der Waals surface area contributed by atoms with Crippen LogP contribution in [0.25, 0.3) is 11.6 Å². The van der Waals surface area contributed by atoms with Gasteiger partial charge in [-0.05, 0) is 75.7 Å². The second-order valence-corrected chi connectivity index (χ2v) is 7.92. The number of carbonyl (C=O) groups excluding carboxylic acids is 2. The lowest BCUT2D eigenvalue weighted by Crippen LogP contribution is -2.44. The minimum atomic E-state index is -0.196. The molecule has 1 fully saturated rings. The number of benzene rings is 1. The molecule has 4 nitrogen and oxygen atoms in total. The van der Waals surface area contributed by atoms with E-state index in [2.05, 4.69) is 50.8 Å². The van der Waals surface area contributed by atoms with Gasteiger partial charge in [-0.15, -0.1) is 0 Å². The number of hydrogen-bond acceptors (Lipinski definition) is 4. The van der Waals surface area contributed by atoms with Gasteiger partial charge in [0.05, 0.1) is 10.4 Å². The van der Waals surface area contributed by atoms with Crippen molar-refractivity contribution in [2.24, 2.45) is 0 Å². The van der Waals surface area contributed by atoms with Gasteiger partial charge in [-0.1, -0.05) is 12.1 Å². The molecule has 2 aliphatic rings. The molecule has 0 radical (unpaired) electrons. The number of imide groups is 1. The summed E-state index contributed by atoms with van der Waals surface area (Å²) in [7, 11) is 0. The van der Waals surface area contributed by atoms with Gasteiger partial charge in [-0.3, -0.25) is 14.5 Å². The number of hydrogen-bond donors (Lipinski definition) is 0. The van der Waals surface area contributed by atoms with Gasteiger partial charge in [-0.25, -0.2) is 0 Å². The van der Waals surface area contributed by atoms with Gasteiger partial charge >= 0.3 is 0 Å². The van der Waals surface area contributed by atoms with Gasteiger partial charge in [0.15, 0.2) is 0 Å². The molecule has 25 heavy (non-hydrogen) atoms. The maximum atomic E-state index is 12.3.